The van der Waals surface area contributed by atoms with Crippen molar-refractivity contribution in [2.24, 2.45) is 0 Å². The lowest BCUT2D eigenvalue weighted by Crippen LogP contribution is -2.35. The second kappa shape index (κ2) is 7.86. The van der Waals surface area contributed by atoms with E-state index in [9.17, 15) is 4.79 Å². The highest BCUT2D eigenvalue weighted by atomic mass is 16.5. The Labute approximate surface area is 197 Å². The van der Waals surface area contributed by atoms with E-state index < -0.39 is 0 Å². The quantitative estimate of drug-likeness (QED) is 0.483. The lowest BCUT2D eigenvalue weighted by Gasteiger charge is -2.35. The molecule has 0 radical (unpaired) electrons. The van der Waals surface area contributed by atoms with Crippen LogP contribution in [0.5, 0.6) is 5.75 Å². The number of carbonyl (C=O) groups is 1. The van der Waals surface area contributed by atoms with E-state index >= 15 is 0 Å². The Kier molecular flexibility index (Phi) is 4.79. The maximum Gasteiger partial charge on any atom is 0.261 e. The first-order valence-electron chi connectivity index (χ1n) is 11.7. The second-order valence-electron chi connectivity index (χ2n) is 9.71. The van der Waals surface area contributed by atoms with Gasteiger partial charge in [-0.3, -0.25) is 9.89 Å². The molecule has 0 spiro atoms. The molecule has 4 aromatic rings. The van der Waals surface area contributed by atoms with Gasteiger partial charge in [0.15, 0.2) is 5.65 Å². The molecule has 0 saturated carbocycles. The monoisotopic (exact) mass is 457 g/mol. The second-order valence-corrected chi connectivity index (χ2v) is 9.71. The molecular formula is C25H27N7O2. The van der Waals surface area contributed by atoms with E-state index in [-0.39, 0.29) is 11.5 Å². The summed E-state index contributed by atoms with van der Waals surface area (Å²) in [5, 5.41) is 14.7. The van der Waals surface area contributed by atoms with Gasteiger partial charge in [0.25, 0.3) is 5.91 Å². The predicted molar refractivity (Wildman–Crippen MR) is 129 cm³/mol. The SMILES string of the molecule is CC1(C)Cc2cc(NC(=O)c3cnn4cccnc34)c(N3CCCC(c4ccn[nH]4)C3)cc2O1. The number of fused-ring (bicyclic) bond motifs is 2. The van der Waals surface area contributed by atoms with Crippen LogP contribution in [0.25, 0.3) is 5.65 Å². The maximum atomic E-state index is 13.3. The predicted octanol–water partition coefficient (Wildman–Crippen LogP) is 3.80. The molecule has 2 aliphatic rings. The Hall–Kier alpha value is -3.88. The van der Waals surface area contributed by atoms with Gasteiger partial charge in [0, 0.05) is 61.3 Å². The number of ether oxygens (including phenoxy) is 1. The highest BCUT2D eigenvalue weighted by Crippen LogP contribution is 2.43. The third-order valence-electron chi connectivity index (χ3n) is 6.68. The van der Waals surface area contributed by atoms with E-state index in [2.05, 4.69) is 56.5 Å². The number of aromatic amines is 1. The molecule has 1 fully saturated rings. The van der Waals surface area contributed by atoms with Gasteiger partial charge in [-0.25, -0.2) is 9.50 Å². The summed E-state index contributed by atoms with van der Waals surface area (Å²) in [6.07, 6.45) is 9.75. The molecule has 1 unspecified atom stereocenters. The van der Waals surface area contributed by atoms with Crippen molar-refractivity contribution in [1.82, 2.24) is 24.8 Å². The molecule has 1 saturated heterocycles. The molecule has 34 heavy (non-hydrogen) atoms. The van der Waals surface area contributed by atoms with Gasteiger partial charge in [-0.1, -0.05) is 0 Å². The van der Waals surface area contributed by atoms with Crippen molar-refractivity contribution in [3.05, 3.63) is 65.9 Å². The van der Waals surface area contributed by atoms with Gasteiger partial charge in [0.1, 0.15) is 16.9 Å². The number of nitrogens with zero attached hydrogens (tertiary/aromatic N) is 5. The summed E-state index contributed by atoms with van der Waals surface area (Å²) in [5.74, 6) is 1.02. The molecule has 9 nitrogen and oxygen atoms in total. The van der Waals surface area contributed by atoms with Crippen LogP contribution < -0.4 is 15.0 Å². The fourth-order valence-electron chi connectivity index (χ4n) is 5.12. The lowest BCUT2D eigenvalue weighted by atomic mass is 9.94. The normalized spacial score (nSPS) is 19.1. The first-order valence-corrected chi connectivity index (χ1v) is 11.7. The van der Waals surface area contributed by atoms with Crippen LogP contribution >= 0.6 is 0 Å². The standard InChI is InChI=1S/C25H27N7O2/c1-25(2)13-17-11-20(29-24(33)18-14-28-32-10-4-7-26-23(18)32)21(12-22(17)34-25)31-9-3-5-16(15-31)19-6-8-27-30-19/h4,6-8,10-12,14,16H,3,5,9,13,15H2,1-2H3,(H,27,30)(H,29,33). The number of piperidine rings is 1. The number of anilines is 2. The minimum atomic E-state index is -0.269. The minimum Gasteiger partial charge on any atom is -0.487 e. The summed E-state index contributed by atoms with van der Waals surface area (Å²) in [6, 6.07) is 7.98. The van der Waals surface area contributed by atoms with Crippen LogP contribution in [-0.2, 0) is 6.42 Å². The molecule has 2 aliphatic heterocycles. The number of amides is 1. The average molecular weight is 458 g/mol. The number of hydrogen-bond acceptors (Lipinski definition) is 6. The summed E-state index contributed by atoms with van der Waals surface area (Å²) in [7, 11) is 0. The van der Waals surface area contributed by atoms with Gasteiger partial charge in [-0.05, 0) is 44.9 Å². The molecule has 2 N–H and O–H groups in total. The topological polar surface area (TPSA) is 100 Å². The van der Waals surface area contributed by atoms with Crippen LogP contribution in [0.15, 0.2) is 49.1 Å². The van der Waals surface area contributed by atoms with Gasteiger partial charge in [0.2, 0.25) is 0 Å². The van der Waals surface area contributed by atoms with Crippen LogP contribution in [0.3, 0.4) is 0 Å². The van der Waals surface area contributed by atoms with Crippen LogP contribution in [0, 0.1) is 0 Å². The molecule has 1 aromatic carbocycles. The molecule has 0 aliphatic carbocycles. The van der Waals surface area contributed by atoms with Gasteiger partial charge in [-0.2, -0.15) is 10.2 Å². The van der Waals surface area contributed by atoms with Gasteiger partial charge >= 0.3 is 0 Å². The van der Waals surface area contributed by atoms with Crippen molar-refractivity contribution in [1.29, 1.82) is 0 Å². The fourth-order valence-corrected chi connectivity index (χ4v) is 5.12. The first kappa shape index (κ1) is 20.7. The molecule has 9 heteroatoms. The maximum absolute atomic E-state index is 13.3. The summed E-state index contributed by atoms with van der Waals surface area (Å²) in [4.78, 5) is 20.0. The first-order chi connectivity index (χ1) is 16.5. The number of benzene rings is 1. The Morgan fingerprint density at radius 1 is 1.29 bits per heavy atom. The van der Waals surface area contributed by atoms with Crippen molar-refractivity contribution in [3.63, 3.8) is 0 Å². The number of rotatable bonds is 4. The molecule has 1 amide bonds. The van der Waals surface area contributed by atoms with E-state index in [1.54, 1.807) is 35.4 Å². The zero-order valence-corrected chi connectivity index (χ0v) is 19.3. The summed E-state index contributed by atoms with van der Waals surface area (Å²) < 4.78 is 7.84. The number of H-pyrrole nitrogens is 1. The van der Waals surface area contributed by atoms with E-state index in [4.69, 9.17) is 4.74 Å². The van der Waals surface area contributed by atoms with Crippen LogP contribution in [0.2, 0.25) is 0 Å². The van der Waals surface area contributed by atoms with Crippen LogP contribution in [0.4, 0.5) is 11.4 Å². The van der Waals surface area contributed by atoms with Crippen LogP contribution in [0.1, 0.15) is 54.2 Å². The Morgan fingerprint density at radius 3 is 3.06 bits per heavy atom. The van der Waals surface area contributed by atoms with E-state index in [1.807, 2.05) is 6.07 Å². The van der Waals surface area contributed by atoms with Crippen LogP contribution in [-0.4, -0.2) is 49.4 Å². The molecule has 6 rings (SSSR count). The summed E-state index contributed by atoms with van der Waals surface area (Å²) in [6.45, 7) is 5.93. The molecule has 1 atom stereocenters. The highest BCUT2D eigenvalue weighted by molar-refractivity contribution is 6.09. The van der Waals surface area contributed by atoms with Gasteiger partial charge in [-0.15, -0.1) is 0 Å². The Bertz CT molecular complexity index is 1360. The average Bonchev–Trinajstić information content (AvgIpc) is 3.56. The molecule has 174 valence electrons. The third-order valence-corrected chi connectivity index (χ3v) is 6.68. The van der Waals surface area contributed by atoms with E-state index in [0.29, 0.717) is 17.1 Å². The third kappa shape index (κ3) is 3.67. The molecular weight excluding hydrogens is 430 g/mol. The van der Waals surface area contributed by atoms with E-state index in [0.717, 1.165) is 60.7 Å². The number of aromatic nitrogens is 5. The Balaban J connectivity index is 1.36. The summed E-state index contributed by atoms with van der Waals surface area (Å²) in [5.41, 5.74) is 4.70. The number of carbonyl (C=O) groups excluding carboxylic acids is 1. The smallest absolute Gasteiger partial charge is 0.261 e. The zero-order chi connectivity index (χ0) is 23.3. The molecule has 3 aromatic heterocycles. The van der Waals surface area contributed by atoms with Crippen molar-refractivity contribution in [2.75, 3.05) is 23.3 Å². The molecule has 0 bridgehead atoms. The largest absolute Gasteiger partial charge is 0.487 e. The highest BCUT2D eigenvalue weighted by Gasteiger charge is 2.33. The van der Waals surface area contributed by atoms with Crippen molar-refractivity contribution < 1.29 is 9.53 Å². The zero-order valence-electron chi connectivity index (χ0n) is 19.3. The minimum absolute atomic E-state index is 0.227. The fraction of sp³-hybridized carbons (Fsp3) is 0.360. The van der Waals surface area contributed by atoms with Crippen molar-refractivity contribution >= 4 is 22.9 Å². The van der Waals surface area contributed by atoms with Crippen molar-refractivity contribution in [2.45, 2.75) is 44.6 Å². The van der Waals surface area contributed by atoms with Gasteiger partial charge < -0.3 is 15.0 Å². The molecule has 5 heterocycles. The number of hydrogen-bond donors (Lipinski definition) is 2. The Morgan fingerprint density at radius 2 is 2.21 bits per heavy atom. The van der Waals surface area contributed by atoms with Crippen molar-refractivity contribution in [3.8, 4) is 5.75 Å². The van der Waals surface area contributed by atoms with E-state index in [1.165, 1.54) is 0 Å². The lowest BCUT2D eigenvalue weighted by molar-refractivity contribution is 0.102. The van der Waals surface area contributed by atoms with Gasteiger partial charge in [0.05, 0.1) is 17.6 Å². The number of nitrogens with one attached hydrogen (secondary N) is 2. The summed E-state index contributed by atoms with van der Waals surface area (Å²) >= 11 is 0.